The maximum absolute atomic E-state index is 10.7. The van der Waals surface area contributed by atoms with E-state index >= 15 is 0 Å². The van der Waals surface area contributed by atoms with E-state index in [0.717, 1.165) is 12.8 Å². The van der Waals surface area contributed by atoms with Crippen LogP contribution < -0.4 is 0 Å². The molecule has 0 amide bonds. The molecule has 0 aromatic heterocycles. The molecule has 0 saturated heterocycles. The van der Waals surface area contributed by atoms with Crippen LogP contribution in [0.5, 0.6) is 0 Å². The second-order valence-electron chi connectivity index (χ2n) is 7.55. The maximum Gasteiger partial charge on any atom is 0.237 e. The lowest BCUT2D eigenvalue weighted by atomic mass is 9.61. The lowest BCUT2D eigenvalue weighted by molar-refractivity contribution is 0.0482. The summed E-state index contributed by atoms with van der Waals surface area (Å²) in [5.74, 6) is 1.12. The molecule has 0 aromatic rings. The number of isocyanates is 4. The van der Waals surface area contributed by atoms with Gasteiger partial charge in [0.05, 0.1) is 0 Å². The molecule has 0 spiro atoms. The van der Waals surface area contributed by atoms with Crippen molar-refractivity contribution in [1.29, 1.82) is 0 Å². The normalized spacial score (nSPS) is 39.3. The summed E-state index contributed by atoms with van der Waals surface area (Å²) in [4.78, 5) is 58.0. The predicted molar refractivity (Wildman–Crippen MR) is 91.0 cm³/mol. The SMILES string of the molecule is CC1CC(N=C=O)(N=C=O)CCC1C1CCC(N=C=O)(N=C=O)CC1C. The molecule has 26 heavy (non-hydrogen) atoms. The van der Waals surface area contributed by atoms with Gasteiger partial charge >= 0.3 is 0 Å². The molecule has 0 N–H and O–H groups in total. The van der Waals surface area contributed by atoms with Gasteiger partial charge in [0.25, 0.3) is 0 Å². The molecule has 4 unspecified atom stereocenters. The molecule has 0 heterocycles. The van der Waals surface area contributed by atoms with Crippen LogP contribution in [0.1, 0.15) is 52.4 Å². The third kappa shape index (κ3) is 4.01. The number of hydrogen-bond acceptors (Lipinski definition) is 8. The van der Waals surface area contributed by atoms with Gasteiger partial charge in [-0.2, -0.15) is 20.0 Å². The van der Waals surface area contributed by atoms with Crippen molar-refractivity contribution in [2.24, 2.45) is 43.6 Å². The van der Waals surface area contributed by atoms with E-state index in [2.05, 4.69) is 33.8 Å². The summed E-state index contributed by atoms with van der Waals surface area (Å²) in [6.07, 6.45) is 9.65. The van der Waals surface area contributed by atoms with E-state index in [0.29, 0.717) is 37.5 Å². The molecular formula is C18H22N4O4. The average molecular weight is 358 g/mol. The summed E-state index contributed by atoms with van der Waals surface area (Å²) in [6.45, 7) is 4.14. The predicted octanol–water partition coefficient (Wildman–Crippen LogP) is 2.59. The molecule has 2 fully saturated rings. The van der Waals surface area contributed by atoms with Crippen LogP contribution in [-0.2, 0) is 19.2 Å². The lowest BCUT2D eigenvalue weighted by Gasteiger charge is -2.46. The molecule has 2 aliphatic carbocycles. The number of rotatable bonds is 5. The first-order valence-corrected chi connectivity index (χ1v) is 8.81. The van der Waals surface area contributed by atoms with Gasteiger partial charge in [-0.05, 0) is 62.2 Å². The Morgan fingerprint density at radius 3 is 1.19 bits per heavy atom. The van der Waals surface area contributed by atoms with Gasteiger partial charge in [0.15, 0.2) is 11.3 Å². The van der Waals surface area contributed by atoms with Gasteiger partial charge in [-0.25, -0.2) is 19.2 Å². The summed E-state index contributed by atoms with van der Waals surface area (Å²) >= 11 is 0. The van der Waals surface area contributed by atoms with E-state index < -0.39 is 11.3 Å². The fourth-order valence-electron chi connectivity index (χ4n) is 4.97. The Morgan fingerprint density at radius 1 is 0.654 bits per heavy atom. The highest BCUT2D eigenvalue weighted by molar-refractivity contribution is 5.40. The van der Waals surface area contributed by atoms with Gasteiger partial charge in [0, 0.05) is 0 Å². The van der Waals surface area contributed by atoms with Crippen molar-refractivity contribution >= 4 is 24.3 Å². The second kappa shape index (κ2) is 8.27. The Kier molecular flexibility index (Phi) is 6.31. The van der Waals surface area contributed by atoms with Crippen LogP contribution in [0.3, 0.4) is 0 Å². The smallest absolute Gasteiger partial charge is 0.211 e. The second-order valence-corrected chi connectivity index (χ2v) is 7.55. The van der Waals surface area contributed by atoms with Crippen LogP contribution in [0.2, 0.25) is 0 Å². The van der Waals surface area contributed by atoms with Crippen LogP contribution in [-0.4, -0.2) is 35.6 Å². The highest BCUT2D eigenvalue weighted by Gasteiger charge is 2.47. The van der Waals surface area contributed by atoms with Crippen LogP contribution in [0.15, 0.2) is 20.0 Å². The van der Waals surface area contributed by atoms with E-state index in [1.807, 2.05) is 0 Å². The van der Waals surface area contributed by atoms with Gasteiger partial charge in [-0.3, -0.25) is 0 Å². The van der Waals surface area contributed by atoms with Crippen LogP contribution in [0, 0.1) is 23.7 Å². The van der Waals surface area contributed by atoms with Gasteiger partial charge in [0.1, 0.15) is 0 Å². The molecule has 8 nitrogen and oxygen atoms in total. The summed E-state index contributed by atoms with van der Waals surface area (Å²) in [7, 11) is 0. The zero-order valence-electron chi connectivity index (χ0n) is 15.0. The van der Waals surface area contributed by atoms with E-state index in [9.17, 15) is 19.2 Å². The van der Waals surface area contributed by atoms with Crippen molar-refractivity contribution in [3.05, 3.63) is 0 Å². The first kappa shape index (κ1) is 19.8. The zero-order valence-corrected chi connectivity index (χ0v) is 15.0. The molecule has 4 atom stereocenters. The quantitative estimate of drug-likeness (QED) is 0.554. The Bertz CT molecular complexity index is 627. The van der Waals surface area contributed by atoms with Crippen molar-refractivity contribution in [3.63, 3.8) is 0 Å². The van der Waals surface area contributed by atoms with E-state index in [1.165, 1.54) is 24.3 Å². The number of hydrogen-bond donors (Lipinski definition) is 0. The summed E-state index contributed by atoms with van der Waals surface area (Å²) in [6, 6.07) is 0. The third-order valence-electron chi connectivity index (χ3n) is 6.08. The minimum absolute atomic E-state index is 0.196. The van der Waals surface area contributed by atoms with Crippen molar-refractivity contribution in [3.8, 4) is 0 Å². The Balaban J connectivity index is 2.16. The van der Waals surface area contributed by atoms with Gasteiger partial charge < -0.3 is 0 Å². The molecule has 2 saturated carbocycles. The third-order valence-corrected chi connectivity index (χ3v) is 6.08. The fraction of sp³-hybridized carbons (Fsp3) is 0.778. The molecule has 0 aliphatic heterocycles. The Labute approximate surface area is 151 Å². The monoisotopic (exact) mass is 358 g/mol. The summed E-state index contributed by atoms with van der Waals surface area (Å²) < 4.78 is 0. The van der Waals surface area contributed by atoms with E-state index in [1.54, 1.807) is 0 Å². The van der Waals surface area contributed by atoms with E-state index in [-0.39, 0.29) is 11.8 Å². The molecule has 2 aliphatic rings. The van der Waals surface area contributed by atoms with Gasteiger partial charge in [-0.15, -0.1) is 0 Å². The standard InChI is InChI=1S/C18H22N4O4/c1-13-7-17(19-9-23,20-10-24)5-3-15(13)16-4-6-18(21-11-25,22-12-26)8-14(16)2/h13-16H,3-8H2,1-2H3. The van der Waals surface area contributed by atoms with Crippen molar-refractivity contribution in [2.45, 2.75) is 63.7 Å². The number of carbonyl (C=O) groups excluding carboxylic acids is 4. The van der Waals surface area contributed by atoms with Crippen LogP contribution in [0.4, 0.5) is 0 Å². The topological polar surface area (TPSA) is 118 Å². The molecule has 0 aromatic carbocycles. The van der Waals surface area contributed by atoms with Crippen molar-refractivity contribution < 1.29 is 19.2 Å². The average Bonchev–Trinajstić information content (AvgIpc) is 2.57. The molecule has 138 valence electrons. The first-order chi connectivity index (χ1) is 12.4. The van der Waals surface area contributed by atoms with Crippen molar-refractivity contribution in [2.75, 3.05) is 0 Å². The molecule has 0 radical (unpaired) electrons. The highest BCUT2D eigenvalue weighted by Crippen LogP contribution is 2.50. The summed E-state index contributed by atoms with van der Waals surface area (Å²) in [5, 5.41) is 0. The fourth-order valence-corrected chi connectivity index (χ4v) is 4.97. The lowest BCUT2D eigenvalue weighted by Crippen LogP contribution is -2.43. The number of aliphatic imine (C=N–C) groups is 4. The minimum atomic E-state index is -1.04. The van der Waals surface area contributed by atoms with Gasteiger partial charge in [0.2, 0.25) is 24.3 Å². The van der Waals surface area contributed by atoms with Crippen LogP contribution >= 0.6 is 0 Å². The highest BCUT2D eigenvalue weighted by atomic mass is 16.1. The molecule has 0 bridgehead atoms. The maximum atomic E-state index is 10.7. The Morgan fingerprint density at radius 2 is 0.962 bits per heavy atom. The minimum Gasteiger partial charge on any atom is -0.211 e. The number of nitrogens with zero attached hydrogens (tertiary/aromatic N) is 4. The van der Waals surface area contributed by atoms with E-state index in [4.69, 9.17) is 0 Å². The molecular weight excluding hydrogens is 336 g/mol. The first-order valence-electron chi connectivity index (χ1n) is 8.81. The summed E-state index contributed by atoms with van der Waals surface area (Å²) in [5.41, 5.74) is -2.07. The van der Waals surface area contributed by atoms with Crippen molar-refractivity contribution in [1.82, 2.24) is 0 Å². The molecule has 2 rings (SSSR count). The van der Waals surface area contributed by atoms with Gasteiger partial charge in [-0.1, -0.05) is 13.8 Å². The van der Waals surface area contributed by atoms with Crippen LogP contribution in [0.25, 0.3) is 0 Å². The molecule has 8 heteroatoms. The Hall–Kier alpha value is -2.48. The zero-order chi connectivity index (χ0) is 19.2. The largest absolute Gasteiger partial charge is 0.237 e.